The number of piperazine rings is 1. The van der Waals surface area contributed by atoms with Gasteiger partial charge in [0.2, 0.25) is 0 Å². The molecule has 48 heavy (non-hydrogen) atoms. The fourth-order valence-corrected chi connectivity index (χ4v) is 8.22. The topological polar surface area (TPSA) is 94.0 Å². The number of rotatable bonds is 8. The number of halogens is 2. The number of benzene rings is 3. The molecule has 3 N–H and O–H groups in total. The van der Waals surface area contributed by atoms with Crippen LogP contribution >= 0.6 is 0 Å². The molecule has 0 radical (unpaired) electrons. The maximum Gasteiger partial charge on any atom is 0.319 e. The Morgan fingerprint density at radius 3 is 2.48 bits per heavy atom. The lowest BCUT2D eigenvalue weighted by Gasteiger charge is -2.45. The minimum Gasteiger partial charge on any atom is -0.508 e. The maximum absolute atomic E-state index is 17.4. The number of nitrogens with zero attached hydrogens (tertiary/aromatic N) is 4. The summed E-state index contributed by atoms with van der Waals surface area (Å²) in [5, 5.41) is 26.1. The monoisotopic (exact) mass is 653 g/mol. The number of likely N-dealkylation sites (tertiary alicyclic amines) is 1. The van der Waals surface area contributed by atoms with Crippen LogP contribution in [-0.2, 0) is 0 Å². The Morgan fingerprint density at radius 1 is 1.10 bits per heavy atom. The van der Waals surface area contributed by atoms with E-state index in [4.69, 9.17) is 21.1 Å². The van der Waals surface area contributed by atoms with Gasteiger partial charge in [-0.25, -0.2) is 8.78 Å². The molecule has 1 aliphatic carbocycles. The Balaban J connectivity index is 1.28. The van der Waals surface area contributed by atoms with E-state index in [9.17, 15) is 10.2 Å². The van der Waals surface area contributed by atoms with Gasteiger partial charge in [-0.15, -0.1) is 6.42 Å². The van der Waals surface area contributed by atoms with Crippen molar-refractivity contribution in [3.63, 3.8) is 0 Å². The van der Waals surface area contributed by atoms with Crippen molar-refractivity contribution in [2.75, 3.05) is 44.2 Å². The number of aliphatic hydroxyl groups is 1. The van der Waals surface area contributed by atoms with E-state index in [1.807, 2.05) is 26.8 Å². The standard InChI is InChI=1S/C38H41F2N5O3/c1-5-26-30(39)9-6-22-12-25(46)13-28(31(22)26)32-27(21(2)3)14-29-34(33(32)40)42-36(43-35(29)45-15-23-7-8-24(16-45)41-23)48-20-38(10-11-38)19-44-17-37(4,47)18-44/h1,6,9,12-14,21,23-24,41,46-47H,7-8,10-11,15-20H2,2-4H3. The molecule has 1 saturated carbocycles. The number of β-amino-alcohol motifs (C(OH)–C–C–N with tert-alkyl or cyclic N) is 1. The Bertz CT molecular complexity index is 1980. The highest BCUT2D eigenvalue weighted by Gasteiger charge is 2.49. The number of aromatic hydroxyl groups is 1. The van der Waals surface area contributed by atoms with Crippen molar-refractivity contribution < 1.29 is 23.7 Å². The van der Waals surface area contributed by atoms with Crippen LogP contribution < -0.4 is 15.0 Å². The van der Waals surface area contributed by atoms with Gasteiger partial charge in [0.15, 0.2) is 5.82 Å². The van der Waals surface area contributed by atoms with Gasteiger partial charge < -0.3 is 25.2 Å². The van der Waals surface area contributed by atoms with Crippen LogP contribution in [-0.4, -0.2) is 82.1 Å². The number of hydrogen-bond acceptors (Lipinski definition) is 8. The van der Waals surface area contributed by atoms with E-state index in [2.05, 4.69) is 21.0 Å². The van der Waals surface area contributed by atoms with Crippen LogP contribution in [0.25, 0.3) is 32.8 Å². The number of hydrogen-bond donors (Lipinski definition) is 3. The molecule has 4 aliphatic rings. The zero-order chi connectivity index (χ0) is 33.5. The molecular weight excluding hydrogens is 612 g/mol. The molecule has 4 aromatic rings. The molecule has 3 saturated heterocycles. The normalized spacial score (nSPS) is 22.7. The zero-order valence-electron chi connectivity index (χ0n) is 27.6. The second-order valence-electron chi connectivity index (χ2n) is 15.2. The van der Waals surface area contributed by atoms with Gasteiger partial charge in [-0.1, -0.05) is 25.8 Å². The van der Waals surface area contributed by atoms with Gasteiger partial charge in [-0.2, -0.15) is 9.97 Å². The number of ether oxygens (including phenoxy) is 1. The maximum atomic E-state index is 17.4. The van der Waals surface area contributed by atoms with E-state index < -0.39 is 17.2 Å². The summed E-state index contributed by atoms with van der Waals surface area (Å²) in [7, 11) is 0. The summed E-state index contributed by atoms with van der Waals surface area (Å²) >= 11 is 0. The molecule has 4 fully saturated rings. The highest BCUT2D eigenvalue weighted by Crippen LogP contribution is 2.48. The van der Waals surface area contributed by atoms with Gasteiger partial charge in [0, 0.05) is 66.6 Å². The Hall–Kier alpha value is -4.04. The van der Waals surface area contributed by atoms with Crippen molar-refractivity contribution in [2.24, 2.45) is 5.41 Å². The fourth-order valence-electron chi connectivity index (χ4n) is 8.22. The molecule has 3 aliphatic heterocycles. The van der Waals surface area contributed by atoms with Gasteiger partial charge in [0.25, 0.3) is 0 Å². The van der Waals surface area contributed by atoms with Crippen molar-refractivity contribution in [1.82, 2.24) is 20.2 Å². The van der Waals surface area contributed by atoms with Crippen LogP contribution in [0.5, 0.6) is 11.8 Å². The predicted molar refractivity (Wildman–Crippen MR) is 182 cm³/mol. The van der Waals surface area contributed by atoms with Crippen LogP contribution in [0, 0.1) is 29.4 Å². The van der Waals surface area contributed by atoms with Crippen molar-refractivity contribution in [1.29, 1.82) is 0 Å². The Kier molecular flexibility index (Phi) is 7.33. The molecule has 0 amide bonds. The molecule has 4 heterocycles. The number of phenols is 1. The molecule has 2 bridgehead atoms. The highest BCUT2D eigenvalue weighted by atomic mass is 19.1. The molecular formula is C38H41F2N5O3. The van der Waals surface area contributed by atoms with Crippen LogP contribution in [0.2, 0.25) is 0 Å². The number of nitrogens with one attached hydrogen (secondary N) is 1. The average Bonchev–Trinajstić information content (AvgIpc) is 3.72. The molecule has 8 rings (SSSR count). The van der Waals surface area contributed by atoms with Crippen molar-refractivity contribution >= 4 is 27.5 Å². The molecule has 0 spiro atoms. The summed E-state index contributed by atoms with van der Waals surface area (Å²) in [6, 6.07) is 8.48. The molecule has 8 nitrogen and oxygen atoms in total. The number of phenolic OH excluding ortho intramolecular Hbond substituents is 1. The third-order valence-electron chi connectivity index (χ3n) is 10.7. The lowest BCUT2D eigenvalue weighted by Crippen LogP contribution is -2.61. The highest BCUT2D eigenvalue weighted by molar-refractivity contribution is 6.05. The third-order valence-corrected chi connectivity index (χ3v) is 10.7. The van der Waals surface area contributed by atoms with Gasteiger partial charge in [0.05, 0.1) is 17.8 Å². The number of anilines is 1. The number of aromatic nitrogens is 2. The minimum absolute atomic E-state index is 0.0128. The van der Waals surface area contributed by atoms with Gasteiger partial charge in [-0.05, 0) is 79.3 Å². The summed E-state index contributed by atoms with van der Waals surface area (Å²) < 4.78 is 38.8. The quantitative estimate of drug-likeness (QED) is 0.209. The van der Waals surface area contributed by atoms with Crippen LogP contribution in [0.1, 0.15) is 63.5 Å². The van der Waals surface area contributed by atoms with Gasteiger partial charge >= 0.3 is 6.01 Å². The molecule has 2 unspecified atom stereocenters. The molecule has 250 valence electrons. The fraction of sp³-hybridized carbons (Fsp3) is 0.474. The van der Waals surface area contributed by atoms with Crippen LogP contribution in [0.3, 0.4) is 0 Å². The molecule has 2 atom stereocenters. The first-order valence-electron chi connectivity index (χ1n) is 17.0. The summed E-state index contributed by atoms with van der Waals surface area (Å²) in [6.45, 7) is 9.77. The summed E-state index contributed by atoms with van der Waals surface area (Å²) in [5.74, 6) is 1.70. The molecule has 3 aromatic carbocycles. The lowest BCUT2D eigenvalue weighted by atomic mass is 9.86. The lowest BCUT2D eigenvalue weighted by molar-refractivity contribution is -0.0921. The van der Waals surface area contributed by atoms with E-state index in [1.54, 1.807) is 6.07 Å². The molecule has 10 heteroatoms. The summed E-state index contributed by atoms with van der Waals surface area (Å²) in [4.78, 5) is 14.2. The van der Waals surface area contributed by atoms with Crippen LogP contribution in [0.15, 0.2) is 30.3 Å². The Labute approximate surface area is 279 Å². The first-order valence-corrected chi connectivity index (χ1v) is 17.0. The van der Waals surface area contributed by atoms with Crippen molar-refractivity contribution in [3.05, 3.63) is 53.1 Å². The van der Waals surface area contributed by atoms with E-state index >= 15 is 8.78 Å². The zero-order valence-corrected chi connectivity index (χ0v) is 27.6. The van der Waals surface area contributed by atoms with E-state index in [0.717, 1.165) is 45.3 Å². The molecule has 1 aromatic heterocycles. The van der Waals surface area contributed by atoms with E-state index in [0.29, 0.717) is 64.9 Å². The predicted octanol–water partition coefficient (Wildman–Crippen LogP) is 5.70. The summed E-state index contributed by atoms with van der Waals surface area (Å²) in [5.41, 5.74) is 0.639. The second-order valence-corrected chi connectivity index (χ2v) is 15.2. The Morgan fingerprint density at radius 2 is 1.83 bits per heavy atom. The van der Waals surface area contributed by atoms with Crippen molar-refractivity contribution in [2.45, 2.75) is 70.1 Å². The minimum atomic E-state index is -0.645. The first kappa shape index (κ1) is 31.2. The average molecular weight is 654 g/mol. The smallest absolute Gasteiger partial charge is 0.319 e. The SMILES string of the molecule is C#Cc1c(F)ccc2cc(O)cc(-c3c(C(C)C)cc4c(N5CC6CCC(C5)N6)nc(OCC5(CN6CC(C)(O)C6)CC5)nc4c3F)c12. The van der Waals surface area contributed by atoms with Gasteiger partial charge in [-0.3, -0.25) is 4.90 Å². The summed E-state index contributed by atoms with van der Waals surface area (Å²) in [6.07, 6.45) is 9.96. The van der Waals surface area contributed by atoms with E-state index in [1.165, 1.54) is 18.2 Å². The van der Waals surface area contributed by atoms with E-state index in [-0.39, 0.29) is 39.7 Å². The van der Waals surface area contributed by atoms with Crippen molar-refractivity contribution in [3.8, 4) is 35.2 Å². The van der Waals surface area contributed by atoms with Crippen LogP contribution in [0.4, 0.5) is 14.6 Å². The van der Waals surface area contributed by atoms with Gasteiger partial charge in [0.1, 0.15) is 22.9 Å². The number of fused-ring (bicyclic) bond motifs is 4. The largest absolute Gasteiger partial charge is 0.508 e. The number of terminal acetylenes is 1. The first-order chi connectivity index (χ1) is 22.9. The second kappa shape index (κ2) is 11.3. The third kappa shape index (κ3) is 5.42.